The van der Waals surface area contributed by atoms with Crippen LogP contribution in [0.3, 0.4) is 0 Å². The standard InChI is InChI=1S/C11H15FN2/c12-11(8-13,9-4-5-9)7-10-3-1-2-6-14-10/h1-3,6,9H,4-5,7-8,13H2. The molecule has 14 heavy (non-hydrogen) atoms. The van der Waals surface area contributed by atoms with Crippen molar-refractivity contribution in [3.63, 3.8) is 0 Å². The van der Waals surface area contributed by atoms with Crippen LogP contribution in [-0.4, -0.2) is 17.2 Å². The van der Waals surface area contributed by atoms with Crippen molar-refractivity contribution in [2.24, 2.45) is 11.7 Å². The smallest absolute Gasteiger partial charge is 0.131 e. The molecule has 1 fully saturated rings. The second-order valence-corrected chi connectivity index (χ2v) is 4.01. The lowest BCUT2D eigenvalue weighted by Gasteiger charge is -2.22. The molecule has 2 rings (SSSR count). The Hall–Kier alpha value is -0.960. The minimum atomic E-state index is -1.23. The summed E-state index contributed by atoms with van der Waals surface area (Å²) >= 11 is 0. The van der Waals surface area contributed by atoms with E-state index in [1.54, 1.807) is 6.20 Å². The van der Waals surface area contributed by atoms with Crippen LogP contribution in [0.5, 0.6) is 0 Å². The van der Waals surface area contributed by atoms with E-state index in [1.165, 1.54) is 0 Å². The van der Waals surface area contributed by atoms with E-state index in [0.717, 1.165) is 18.5 Å². The van der Waals surface area contributed by atoms with E-state index in [2.05, 4.69) is 4.98 Å². The first-order chi connectivity index (χ1) is 6.74. The minimum Gasteiger partial charge on any atom is -0.328 e. The Labute approximate surface area is 83.3 Å². The van der Waals surface area contributed by atoms with Crippen LogP contribution < -0.4 is 5.73 Å². The van der Waals surface area contributed by atoms with Gasteiger partial charge in [-0.25, -0.2) is 4.39 Å². The van der Waals surface area contributed by atoms with Gasteiger partial charge in [-0.2, -0.15) is 0 Å². The zero-order valence-electron chi connectivity index (χ0n) is 8.12. The van der Waals surface area contributed by atoms with Gasteiger partial charge in [0.15, 0.2) is 0 Å². The normalized spacial score (nSPS) is 20.4. The molecule has 0 spiro atoms. The molecule has 0 aromatic carbocycles. The van der Waals surface area contributed by atoms with Gasteiger partial charge in [0.25, 0.3) is 0 Å². The lowest BCUT2D eigenvalue weighted by molar-refractivity contribution is 0.141. The molecular formula is C11H15FN2. The number of nitrogens with two attached hydrogens (primary N) is 1. The fourth-order valence-corrected chi connectivity index (χ4v) is 1.79. The summed E-state index contributed by atoms with van der Waals surface area (Å²) in [5.74, 6) is 0.162. The molecule has 0 aliphatic heterocycles. The Morgan fingerprint density at radius 3 is 2.79 bits per heavy atom. The summed E-state index contributed by atoms with van der Waals surface area (Å²) in [6.45, 7) is 0.105. The van der Waals surface area contributed by atoms with Gasteiger partial charge >= 0.3 is 0 Å². The van der Waals surface area contributed by atoms with Crippen LogP contribution in [0.4, 0.5) is 4.39 Å². The van der Waals surface area contributed by atoms with Crippen molar-refractivity contribution in [3.8, 4) is 0 Å². The lowest BCUT2D eigenvalue weighted by Crippen LogP contribution is -2.37. The monoisotopic (exact) mass is 194 g/mol. The van der Waals surface area contributed by atoms with Gasteiger partial charge in [0.05, 0.1) is 0 Å². The van der Waals surface area contributed by atoms with E-state index in [0.29, 0.717) is 6.42 Å². The third-order valence-corrected chi connectivity index (χ3v) is 2.85. The number of hydrogen-bond donors (Lipinski definition) is 1. The van der Waals surface area contributed by atoms with Crippen LogP contribution in [0, 0.1) is 5.92 Å². The predicted octanol–water partition coefficient (Wildman–Crippen LogP) is 1.70. The second-order valence-electron chi connectivity index (χ2n) is 4.01. The number of rotatable bonds is 4. The van der Waals surface area contributed by atoms with Crippen molar-refractivity contribution in [1.82, 2.24) is 4.98 Å². The molecule has 1 aromatic heterocycles. The van der Waals surface area contributed by atoms with Crippen LogP contribution >= 0.6 is 0 Å². The van der Waals surface area contributed by atoms with Gasteiger partial charge in [-0.1, -0.05) is 6.07 Å². The molecule has 3 heteroatoms. The first-order valence-corrected chi connectivity index (χ1v) is 5.03. The maximum Gasteiger partial charge on any atom is 0.131 e. The fraction of sp³-hybridized carbons (Fsp3) is 0.545. The molecule has 1 unspecified atom stereocenters. The van der Waals surface area contributed by atoms with Crippen LogP contribution in [-0.2, 0) is 6.42 Å². The zero-order valence-corrected chi connectivity index (χ0v) is 8.12. The molecule has 2 N–H and O–H groups in total. The summed E-state index contributed by atoms with van der Waals surface area (Å²) in [7, 11) is 0. The third-order valence-electron chi connectivity index (χ3n) is 2.85. The van der Waals surface area contributed by atoms with E-state index >= 15 is 0 Å². The van der Waals surface area contributed by atoms with Gasteiger partial charge in [0, 0.05) is 24.9 Å². The van der Waals surface area contributed by atoms with E-state index in [9.17, 15) is 4.39 Å². The van der Waals surface area contributed by atoms with Crippen molar-refractivity contribution in [2.45, 2.75) is 24.9 Å². The van der Waals surface area contributed by atoms with Crippen molar-refractivity contribution in [1.29, 1.82) is 0 Å². The van der Waals surface area contributed by atoms with Crippen LogP contribution in [0.25, 0.3) is 0 Å². The summed E-state index contributed by atoms with van der Waals surface area (Å²) in [6.07, 6.45) is 4.00. The zero-order chi connectivity index (χ0) is 10.0. The van der Waals surface area contributed by atoms with Crippen molar-refractivity contribution in [2.75, 3.05) is 6.54 Å². The average molecular weight is 194 g/mol. The number of hydrogen-bond acceptors (Lipinski definition) is 2. The number of pyridine rings is 1. The molecule has 0 radical (unpaired) electrons. The molecule has 1 aromatic rings. The average Bonchev–Trinajstić information content (AvgIpc) is 3.03. The predicted molar refractivity (Wildman–Crippen MR) is 53.6 cm³/mol. The molecule has 1 heterocycles. The highest BCUT2D eigenvalue weighted by Gasteiger charge is 2.44. The van der Waals surface area contributed by atoms with Crippen LogP contribution in [0.15, 0.2) is 24.4 Å². The molecular weight excluding hydrogens is 179 g/mol. The number of halogens is 1. The highest BCUT2D eigenvalue weighted by molar-refractivity contribution is 5.10. The Balaban J connectivity index is 2.08. The van der Waals surface area contributed by atoms with Gasteiger partial charge in [-0.3, -0.25) is 4.98 Å². The van der Waals surface area contributed by atoms with Crippen molar-refractivity contribution in [3.05, 3.63) is 30.1 Å². The highest BCUT2D eigenvalue weighted by Crippen LogP contribution is 2.43. The molecule has 0 saturated heterocycles. The maximum atomic E-state index is 14.2. The Morgan fingerprint density at radius 2 is 2.29 bits per heavy atom. The summed E-state index contributed by atoms with van der Waals surface area (Å²) in [5.41, 5.74) is 5.06. The minimum absolute atomic E-state index is 0.105. The maximum absolute atomic E-state index is 14.2. The lowest BCUT2D eigenvalue weighted by atomic mass is 9.94. The molecule has 0 bridgehead atoms. The Bertz CT molecular complexity index is 297. The quantitative estimate of drug-likeness (QED) is 0.792. The summed E-state index contributed by atoms with van der Waals surface area (Å²) in [4.78, 5) is 4.13. The van der Waals surface area contributed by atoms with Crippen molar-refractivity contribution < 1.29 is 4.39 Å². The number of aromatic nitrogens is 1. The van der Waals surface area contributed by atoms with E-state index in [4.69, 9.17) is 5.73 Å². The topological polar surface area (TPSA) is 38.9 Å². The fourth-order valence-electron chi connectivity index (χ4n) is 1.79. The van der Waals surface area contributed by atoms with E-state index < -0.39 is 5.67 Å². The van der Waals surface area contributed by atoms with Gasteiger partial charge in [0.1, 0.15) is 5.67 Å². The molecule has 2 nitrogen and oxygen atoms in total. The van der Waals surface area contributed by atoms with E-state index in [1.807, 2.05) is 18.2 Å². The summed E-state index contributed by atoms with van der Waals surface area (Å²) < 4.78 is 14.2. The highest BCUT2D eigenvalue weighted by atomic mass is 19.1. The SMILES string of the molecule is NCC(F)(Cc1ccccn1)C1CC1. The Morgan fingerprint density at radius 1 is 1.50 bits per heavy atom. The van der Waals surface area contributed by atoms with Gasteiger partial charge in [-0.15, -0.1) is 0 Å². The summed E-state index contributed by atoms with van der Waals surface area (Å²) in [5, 5.41) is 0. The summed E-state index contributed by atoms with van der Waals surface area (Å²) in [6, 6.07) is 5.57. The number of alkyl halides is 1. The van der Waals surface area contributed by atoms with Crippen molar-refractivity contribution >= 4 is 0 Å². The molecule has 76 valence electrons. The molecule has 1 saturated carbocycles. The largest absolute Gasteiger partial charge is 0.328 e. The first-order valence-electron chi connectivity index (χ1n) is 5.03. The number of nitrogens with zero attached hydrogens (tertiary/aromatic N) is 1. The molecule has 1 aliphatic carbocycles. The van der Waals surface area contributed by atoms with Gasteiger partial charge in [0.2, 0.25) is 0 Å². The molecule has 1 atom stereocenters. The van der Waals surface area contributed by atoms with Crippen LogP contribution in [0.2, 0.25) is 0 Å². The molecule has 1 aliphatic rings. The molecule has 0 amide bonds. The Kier molecular flexibility index (Phi) is 2.50. The first kappa shape index (κ1) is 9.59. The van der Waals surface area contributed by atoms with Crippen LogP contribution in [0.1, 0.15) is 18.5 Å². The third kappa shape index (κ3) is 1.93. The van der Waals surface area contributed by atoms with Gasteiger partial charge < -0.3 is 5.73 Å². The second kappa shape index (κ2) is 3.65. The van der Waals surface area contributed by atoms with E-state index in [-0.39, 0.29) is 12.5 Å². The van der Waals surface area contributed by atoms with Gasteiger partial charge in [-0.05, 0) is 30.9 Å².